The van der Waals surface area contributed by atoms with Crippen molar-refractivity contribution in [3.8, 4) is 0 Å². The van der Waals surface area contributed by atoms with Crippen molar-refractivity contribution in [1.82, 2.24) is 20.9 Å². The molecule has 17 heavy (non-hydrogen) atoms. The van der Waals surface area contributed by atoms with Crippen molar-refractivity contribution in [2.75, 3.05) is 26.2 Å². The van der Waals surface area contributed by atoms with Gasteiger partial charge < -0.3 is 15.5 Å². The van der Waals surface area contributed by atoms with Gasteiger partial charge in [0, 0.05) is 32.6 Å². The fourth-order valence-electron chi connectivity index (χ4n) is 1.99. The number of piperidine rings is 1. The third-order valence-electron chi connectivity index (χ3n) is 2.96. The molecule has 7 nitrogen and oxygen atoms in total. The van der Waals surface area contributed by atoms with Crippen LogP contribution in [0.1, 0.15) is 12.8 Å². The SMILES string of the molecule is O=C1CCC(NCCN2CCNC2=O)C(=O)N1. The standard InChI is InChI=1S/C10H16N4O3/c15-8-2-1-7(9(16)13-8)11-3-5-14-6-4-12-10(14)17/h7,11H,1-6H2,(H,12,17)(H,13,15,16). The van der Waals surface area contributed by atoms with Crippen LogP contribution in [0.2, 0.25) is 0 Å². The molecule has 2 aliphatic rings. The summed E-state index contributed by atoms with van der Waals surface area (Å²) < 4.78 is 0. The molecule has 0 aromatic rings. The average molecular weight is 240 g/mol. The van der Waals surface area contributed by atoms with Gasteiger partial charge in [0.25, 0.3) is 0 Å². The number of carbonyl (C=O) groups is 3. The van der Waals surface area contributed by atoms with Crippen molar-refractivity contribution in [3.63, 3.8) is 0 Å². The molecule has 3 N–H and O–H groups in total. The Bertz CT molecular complexity index is 344. The van der Waals surface area contributed by atoms with E-state index in [1.807, 2.05) is 0 Å². The molecule has 0 spiro atoms. The Morgan fingerprint density at radius 2 is 2.18 bits per heavy atom. The van der Waals surface area contributed by atoms with Crippen molar-refractivity contribution < 1.29 is 14.4 Å². The summed E-state index contributed by atoms with van der Waals surface area (Å²) in [6, 6.07) is -0.381. The minimum absolute atomic E-state index is 0.0601. The van der Waals surface area contributed by atoms with Gasteiger partial charge in [0.05, 0.1) is 6.04 Å². The first kappa shape index (κ1) is 11.8. The molecule has 0 aliphatic carbocycles. The summed E-state index contributed by atoms with van der Waals surface area (Å²) in [6.07, 6.45) is 0.893. The van der Waals surface area contributed by atoms with Gasteiger partial charge >= 0.3 is 6.03 Å². The Labute approximate surface area is 98.9 Å². The van der Waals surface area contributed by atoms with Crippen molar-refractivity contribution in [3.05, 3.63) is 0 Å². The molecule has 1 unspecified atom stereocenters. The van der Waals surface area contributed by atoms with Gasteiger partial charge in [-0.1, -0.05) is 0 Å². The van der Waals surface area contributed by atoms with E-state index in [-0.39, 0.29) is 23.9 Å². The zero-order valence-electron chi connectivity index (χ0n) is 9.49. The normalized spacial score (nSPS) is 24.8. The first-order valence-electron chi connectivity index (χ1n) is 5.76. The molecule has 2 saturated heterocycles. The van der Waals surface area contributed by atoms with Gasteiger partial charge in [0.2, 0.25) is 11.8 Å². The topological polar surface area (TPSA) is 90.5 Å². The predicted molar refractivity (Wildman–Crippen MR) is 59.1 cm³/mol. The summed E-state index contributed by atoms with van der Waals surface area (Å²) in [4.78, 5) is 35.3. The molecule has 0 saturated carbocycles. The van der Waals surface area contributed by atoms with Gasteiger partial charge in [-0.05, 0) is 6.42 Å². The third kappa shape index (κ3) is 2.94. The van der Waals surface area contributed by atoms with Crippen LogP contribution in [-0.4, -0.2) is 55.0 Å². The molecule has 1 atom stereocenters. The summed E-state index contributed by atoms with van der Waals surface area (Å²) >= 11 is 0. The predicted octanol–water partition coefficient (Wildman–Crippen LogP) is -1.59. The van der Waals surface area contributed by atoms with E-state index in [9.17, 15) is 14.4 Å². The fraction of sp³-hybridized carbons (Fsp3) is 0.700. The summed E-state index contributed by atoms with van der Waals surface area (Å²) in [5.41, 5.74) is 0. The highest BCUT2D eigenvalue weighted by molar-refractivity contribution is 6.00. The Balaban J connectivity index is 1.69. The minimum atomic E-state index is -0.321. The summed E-state index contributed by atoms with van der Waals surface area (Å²) in [5.74, 6) is -0.487. The molecule has 2 fully saturated rings. The molecule has 0 aromatic heterocycles. The van der Waals surface area contributed by atoms with Crippen LogP contribution in [0.5, 0.6) is 0 Å². The van der Waals surface area contributed by atoms with Crippen molar-refractivity contribution in [1.29, 1.82) is 0 Å². The average Bonchev–Trinajstić information content (AvgIpc) is 2.68. The largest absolute Gasteiger partial charge is 0.336 e. The smallest absolute Gasteiger partial charge is 0.317 e. The van der Waals surface area contributed by atoms with Gasteiger partial charge in [-0.15, -0.1) is 0 Å². The molecule has 0 aromatic carbocycles. The number of nitrogens with zero attached hydrogens (tertiary/aromatic N) is 1. The quantitative estimate of drug-likeness (QED) is 0.517. The van der Waals surface area contributed by atoms with Crippen LogP contribution in [0, 0.1) is 0 Å². The maximum atomic E-state index is 11.4. The van der Waals surface area contributed by atoms with Gasteiger partial charge in [-0.3, -0.25) is 14.9 Å². The number of nitrogens with one attached hydrogen (secondary N) is 3. The Kier molecular flexibility index (Phi) is 3.58. The summed E-state index contributed by atoms with van der Waals surface area (Å²) in [5, 5.41) is 8.04. The molecule has 2 rings (SSSR count). The van der Waals surface area contributed by atoms with Crippen LogP contribution in [0.4, 0.5) is 4.79 Å². The van der Waals surface area contributed by atoms with Gasteiger partial charge in [0.1, 0.15) is 0 Å². The zero-order chi connectivity index (χ0) is 12.3. The third-order valence-corrected chi connectivity index (χ3v) is 2.96. The van der Waals surface area contributed by atoms with Gasteiger partial charge in [-0.2, -0.15) is 0 Å². The molecule has 0 bridgehead atoms. The Morgan fingerprint density at radius 1 is 1.35 bits per heavy atom. The number of rotatable bonds is 4. The number of hydrogen-bond donors (Lipinski definition) is 3. The van der Waals surface area contributed by atoms with E-state index in [1.165, 1.54) is 0 Å². The first-order chi connectivity index (χ1) is 8.16. The highest BCUT2D eigenvalue weighted by Crippen LogP contribution is 2.04. The van der Waals surface area contributed by atoms with E-state index in [4.69, 9.17) is 0 Å². The molecule has 2 aliphatic heterocycles. The van der Waals surface area contributed by atoms with Crippen LogP contribution in [0.3, 0.4) is 0 Å². The maximum absolute atomic E-state index is 11.4. The molecular formula is C10H16N4O3. The number of amides is 4. The highest BCUT2D eigenvalue weighted by atomic mass is 16.2. The van der Waals surface area contributed by atoms with Crippen LogP contribution < -0.4 is 16.0 Å². The molecular weight excluding hydrogens is 224 g/mol. The fourth-order valence-corrected chi connectivity index (χ4v) is 1.99. The lowest BCUT2D eigenvalue weighted by Gasteiger charge is -2.23. The number of carbonyl (C=O) groups excluding carboxylic acids is 3. The van der Waals surface area contributed by atoms with E-state index in [0.717, 1.165) is 0 Å². The molecule has 0 radical (unpaired) electrons. The zero-order valence-corrected chi connectivity index (χ0v) is 9.49. The summed E-state index contributed by atoms with van der Waals surface area (Å²) in [6.45, 7) is 2.51. The van der Waals surface area contributed by atoms with Crippen LogP contribution in [0.15, 0.2) is 0 Å². The second kappa shape index (κ2) is 5.13. The van der Waals surface area contributed by atoms with Crippen molar-refractivity contribution in [2.45, 2.75) is 18.9 Å². The maximum Gasteiger partial charge on any atom is 0.317 e. The molecule has 2 heterocycles. The van der Waals surface area contributed by atoms with Gasteiger partial charge in [0.15, 0.2) is 0 Å². The van der Waals surface area contributed by atoms with Crippen molar-refractivity contribution >= 4 is 17.8 Å². The lowest BCUT2D eigenvalue weighted by Crippen LogP contribution is -2.52. The second-order valence-corrected chi connectivity index (χ2v) is 4.18. The van der Waals surface area contributed by atoms with E-state index in [1.54, 1.807) is 4.90 Å². The monoisotopic (exact) mass is 240 g/mol. The van der Waals surface area contributed by atoms with E-state index < -0.39 is 0 Å². The van der Waals surface area contributed by atoms with Crippen LogP contribution >= 0.6 is 0 Å². The van der Waals surface area contributed by atoms with Crippen LogP contribution in [0.25, 0.3) is 0 Å². The number of urea groups is 1. The molecule has 94 valence electrons. The van der Waals surface area contributed by atoms with Crippen molar-refractivity contribution in [2.24, 2.45) is 0 Å². The van der Waals surface area contributed by atoms with E-state index in [0.29, 0.717) is 39.0 Å². The lowest BCUT2D eigenvalue weighted by atomic mass is 10.1. The number of hydrogen-bond acceptors (Lipinski definition) is 4. The minimum Gasteiger partial charge on any atom is -0.336 e. The summed E-state index contributed by atoms with van der Waals surface area (Å²) in [7, 11) is 0. The highest BCUT2D eigenvalue weighted by Gasteiger charge is 2.26. The lowest BCUT2D eigenvalue weighted by molar-refractivity contribution is -0.134. The first-order valence-corrected chi connectivity index (χ1v) is 5.76. The number of imide groups is 1. The van der Waals surface area contributed by atoms with Crippen LogP contribution in [-0.2, 0) is 9.59 Å². The van der Waals surface area contributed by atoms with E-state index >= 15 is 0 Å². The molecule has 4 amide bonds. The Hall–Kier alpha value is -1.63. The second-order valence-electron chi connectivity index (χ2n) is 4.18. The van der Waals surface area contributed by atoms with E-state index in [2.05, 4.69) is 16.0 Å². The Morgan fingerprint density at radius 3 is 2.82 bits per heavy atom. The van der Waals surface area contributed by atoms with Gasteiger partial charge in [-0.25, -0.2) is 4.79 Å². The molecule has 7 heteroatoms.